The second kappa shape index (κ2) is 7.84. The molecule has 3 aliphatic rings. The van der Waals surface area contributed by atoms with E-state index >= 15 is 0 Å². The van der Waals surface area contributed by atoms with E-state index in [9.17, 15) is 17.6 Å². The summed E-state index contributed by atoms with van der Waals surface area (Å²) in [5.74, 6) is -0.0771. The topological polar surface area (TPSA) is 36.3 Å². The monoisotopic (exact) mass is 442 g/mol. The lowest BCUT2D eigenvalue weighted by atomic mass is 9.91. The molecule has 2 fully saturated rings. The van der Waals surface area contributed by atoms with Gasteiger partial charge in [-0.2, -0.15) is 18.4 Å². The number of hydrogen-bond acceptors (Lipinski definition) is 3. The summed E-state index contributed by atoms with van der Waals surface area (Å²) >= 11 is 0. The van der Waals surface area contributed by atoms with Crippen LogP contribution in [0.25, 0.3) is 5.70 Å². The summed E-state index contributed by atoms with van der Waals surface area (Å²) in [6.07, 6.45) is 0.534. The summed E-state index contributed by atoms with van der Waals surface area (Å²) < 4.78 is 59.4. The maximum Gasteiger partial charge on any atom is 0.417 e. The van der Waals surface area contributed by atoms with Gasteiger partial charge in [0.25, 0.3) is 0 Å². The third-order valence-electron chi connectivity index (χ3n) is 6.59. The molecule has 2 saturated carbocycles. The van der Waals surface area contributed by atoms with Crippen molar-refractivity contribution in [2.45, 2.75) is 63.4 Å². The fraction of sp³-hybridized carbons (Fsp3) is 0.400. The van der Waals surface area contributed by atoms with E-state index in [1.165, 1.54) is 29.5 Å². The van der Waals surface area contributed by atoms with Gasteiger partial charge in [0, 0.05) is 23.8 Å². The number of benzene rings is 2. The lowest BCUT2D eigenvalue weighted by Gasteiger charge is -2.37. The van der Waals surface area contributed by atoms with Crippen LogP contribution in [0, 0.1) is 17.1 Å². The van der Waals surface area contributed by atoms with Crippen molar-refractivity contribution in [1.82, 2.24) is 4.90 Å². The molecule has 7 heteroatoms. The average molecular weight is 442 g/mol. The maximum atomic E-state index is 13.9. The highest BCUT2D eigenvalue weighted by molar-refractivity contribution is 5.75. The normalized spacial score (nSPS) is 22.5. The molecule has 166 valence electrons. The van der Waals surface area contributed by atoms with Crippen molar-refractivity contribution in [3.63, 3.8) is 0 Å². The van der Waals surface area contributed by atoms with Crippen molar-refractivity contribution in [2.24, 2.45) is 0 Å². The molecule has 1 heterocycles. The number of rotatable bonds is 3. The lowest BCUT2D eigenvalue weighted by molar-refractivity contribution is -0.137. The quantitative estimate of drug-likeness (QED) is 0.514. The van der Waals surface area contributed by atoms with Crippen molar-refractivity contribution in [1.29, 1.82) is 5.26 Å². The summed E-state index contributed by atoms with van der Waals surface area (Å²) in [4.78, 5) is 2.39. The van der Waals surface area contributed by atoms with E-state index in [-0.39, 0.29) is 17.7 Å². The Labute approximate surface area is 183 Å². The highest BCUT2D eigenvalue weighted by atomic mass is 19.4. The minimum absolute atomic E-state index is 0.143. The van der Waals surface area contributed by atoms with Gasteiger partial charge in [-0.25, -0.2) is 4.39 Å². The molecular weight excluding hydrogens is 420 g/mol. The Morgan fingerprint density at radius 3 is 2.41 bits per heavy atom. The predicted molar refractivity (Wildman–Crippen MR) is 111 cm³/mol. The molecular formula is C25H22F4N2O. The number of nitrogens with zero attached hydrogens (tertiary/aromatic N) is 2. The Morgan fingerprint density at radius 2 is 1.75 bits per heavy atom. The van der Waals surface area contributed by atoms with Gasteiger partial charge in [-0.15, -0.1) is 0 Å². The Bertz CT molecular complexity index is 1120. The van der Waals surface area contributed by atoms with Gasteiger partial charge in [0.2, 0.25) is 0 Å². The predicted octanol–water partition coefficient (Wildman–Crippen LogP) is 6.43. The first-order valence-electron chi connectivity index (χ1n) is 10.9. The number of fused-ring (bicyclic) bond motifs is 1. The van der Waals surface area contributed by atoms with E-state index in [0.717, 1.165) is 62.3 Å². The molecule has 2 aromatic carbocycles. The molecule has 3 nitrogen and oxygen atoms in total. The van der Waals surface area contributed by atoms with E-state index in [0.29, 0.717) is 6.04 Å². The average Bonchev–Trinajstić information content (AvgIpc) is 3.54. The fourth-order valence-electron chi connectivity index (χ4n) is 4.92. The van der Waals surface area contributed by atoms with Crippen molar-refractivity contribution in [2.75, 3.05) is 0 Å². The Hall–Kier alpha value is -3.01. The van der Waals surface area contributed by atoms with Gasteiger partial charge >= 0.3 is 6.18 Å². The van der Waals surface area contributed by atoms with Crippen molar-refractivity contribution in [3.8, 4) is 11.8 Å². The summed E-state index contributed by atoms with van der Waals surface area (Å²) in [5, 5.41) is 8.95. The highest BCUT2D eigenvalue weighted by Gasteiger charge is 2.37. The van der Waals surface area contributed by atoms with Gasteiger partial charge < -0.3 is 9.64 Å². The first-order valence-corrected chi connectivity index (χ1v) is 10.9. The molecule has 32 heavy (non-hydrogen) atoms. The molecule has 0 radical (unpaired) electrons. The van der Waals surface area contributed by atoms with Gasteiger partial charge in [0.05, 0.1) is 23.3 Å². The van der Waals surface area contributed by atoms with Crippen LogP contribution in [0.3, 0.4) is 0 Å². The SMILES string of the molecule is N#Cc1ccc(OC2CCC(N3Cc4ccc(F)cc4C3=C3CC3)CC2)cc1C(F)(F)F. The van der Waals surface area contributed by atoms with Crippen LogP contribution < -0.4 is 4.74 Å². The van der Waals surface area contributed by atoms with Crippen LogP contribution in [-0.4, -0.2) is 17.0 Å². The van der Waals surface area contributed by atoms with Crippen LogP contribution in [0.5, 0.6) is 5.75 Å². The van der Waals surface area contributed by atoms with E-state index in [1.54, 1.807) is 12.1 Å². The molecule has 0 N–H and O–H groups in total. The molecule has 2 aliphatic carbocycles. The Balaban J connectivity index is 1.27. The van der Waals surface area contributed by atoms with Crippen LogP contribution in [-0.2, 0) is 12.7 Å². The molecule has 0 spiro atoms. The van der Waals surface area contributed by atoms with Crippen LogP contribution in [0.4, 0.5) is 17.6 Å². The molecule has 0 unspecified atom stereocenters. The summed E-state index contributed by atoms with van der Waals surface area (Å²) in [5.41, 5.74) is 3.36. The molecule has 0 atom stereocenters. The second-order valence-electron chi connectivity index (χ2n) is 8.75. The third-order valence-corrected chi connectivity index (χ3v) is 6.59. The third kappa shape index (κ3) is 3.94. The largest absolute Gasteiger partial charge is 0.490 e. The van der Waals surface area contributed by atoms with Gasteiger partial charge in [0.15, 0.2) is 0 Å². The van der Waals surface area contributed by atoms with Crippen LogP contribution in [0.2, 0.25) is 0 Å². The molecule has 0 bridgehead atoms. The van der Waals surface area contributed by atoms with E-state index in [2.05, 4.69) is 4.90 Å². The van der Waals surface area contributed by atoms with Gasteiger partial charge in [-0.3, -0.25) is 0 Å². The van der Waals surface area contributed by atoms with E-state index < -0.39 is 17.3 Å². The van der Waals surface area contributed by atoms with E-state index in [4.69, 9.17) is 10.00 Å². The number of nitriles is 1. The van der Waals surface area contributed by atoms with Crippen LogP contribution >= 0.6 is 0 Å². The number of allylic oxidation sites excluding steroid dienone is 1. The molecule has 1 aliphatic heterocycles. The number of halogens is 4. The zero-order valence-corrected chi connectivity index (χ0v) is 17.4. The first kappa shape index (κ1) is 20.9. The first-order chi connectivity index (χ1) is 15.3. The summed E-state index contributed by atoms with van der Waals surface area (Å²) in [6, 6.07) is 10.4. The molecule has 0 saturated heterocycles. The Morgan fingerprint density at radius 1 is 1.00 bits per heavy atom. The van der Waals surface area contributed by atoms with Gasteiger partial charge in [0.1, 0.15) is 11.6 Å². The summed E-state index contributed by atoms with van der Waals surface area (Å²) in [7, 11) is 0. The van der Waals surface area contributed by atoms with Crippen molar-refractivity contribution in [3.05, 3.63) is 70.0 Å². The molecule has 0 aromatic heterocycles. The van der Waals surface area contributed by atoms with Crippen molar-refractivity contribution >= 4 is 5.70 Å². The van der Waals surface area contributed by atoms with Crippen molar-refractivity contribution < 1.29 is 22.3 Å². The van der Waals surface area contributed by atoms with Gasteiger partial charge in [-0.1, -0.05) is 6.07 Å². The van der Waals surface area contributed by atoms with Crippen LogP contribution in [0.15, 0.2) is 42.0 Å². The smallest absolute Gasteiger partial charge is 0.417 e. The Kier molecular flexibility index (Phi) is 5.11. The zero-order chi connectivity index (χ0) is 22.5. The fourth-order valence-corrected chi connectivity index (χ4v) is 4.92. The van der Waals surface area contributed by atoms with Crippen LogP contribution in [0.1, 0.15) is 60.8 Å². The standard InChI is InChI=1S/C25H22F4N2O/c26-18-5-3-17-14-31(24(15-1-2-15)22(17)11-18)19-6-9-20(10-7-19)32-21-8-4-16(13-30)23(12-21)25(27,28)29/h3-5,8,11-12,19-20H,1-2,6-7,9-10,14H2. The highest BCUT2D eigenvalue weighted by Crippen LogP contribution is 2.46. The molecule has 5 rings (SSSR count). The second-order valence-corrected chi connectivity index (χ2v) is 8.75. The molecule has 0 amide bonds. The number of alkyl halides is 3. The lowest BCUT2D eigenvalue weighted by Crippen LogP contribution is -2.36. The maximum absolute atomic E-state index is 13.9. The number of ether oxygens (including phenoxy) is 1. The minimum atomic E-state index is -4.60. The zero-order valence-electron chi connectivity index (χ0n) is 17.4. The van der Waals surface area contributed by atoms with E-state index in [1.807, 2.05) is 6.07 Å². The van der Waals surface area contributed by atoms with Gasteiger partial charge in [-0.05, 0) is 80.0 Å². The minimum Gasteiger partial charge on any atom is -0.490 e. The molecule has 2 aromatic rings. The number of hydrogen-bond donors (Lipinski definition) is 0. The summed E-state index contributed by atoms with van der Waals surface area (Å²) in [6.45, 7) is 0.773.